The first-order chi connectivity index (χ1) is 10.8. The Bertz CT molecular complexity index is 668. The molecule has 1 fully saturated rings. The average molecular weight is 359 g/mol. The number of amides is 1. The fourth-order valence-electron chi connectivity index (χ4n) is 2.49. The van der Waals surface area contributed by atoms with Gasteiger partial charge in [-0.05, 0) is 43.4 Å². The van der Waals surface area contributed by atoms with Gasteiger partial charge in [0.15, 0.2) is 0 Å². The smallest absolute Gasteiger partial charge is 0.252 e. The molecule has 0 bridgehead atoms. The van der Waals surface area contributed by atoms with Gasteiger partial charge >= 0.3 is 0 Å². The fraction of sp³-hybridized carbons (Fsp3) is 0.562. The molecule has 1 aromatic rings. The largest absolute Gasteiger partial charge is 0.352 e. The van der Waals surface area contributed by atoms with Crippen molar-refractivity contribution in [2.24, 2.45) is 5.92 Å². The van der Waals surface area contributed by atoms with Crippen LogP contribution in [0.25, 0.3) is 0 Å². The molecule has 0 saturated carbocycles. The topological polar surface area (TPSA) is 66.5 Å². The molecule has 128 valence electrons. The zero-order valence-corrected chi connectivity index (χ0v) is 15.1. The normalized spacial score (nSPS) is 16.0. The van der Waals surface area contributed by atoms with Crippen LogP contribution in [0.5, 0.6) is 0 Å². The molecule has 0 atom stereocenters. The summed E-state index contributed by atoms with van der Waals surface area (Å²) in [7, 11) is -3.55. The van der Waals surface area contributed by atoms with E-state index in [9.17, 15) is 13.2 Å². The number of sulfonamides is 1. The van der Waals surface area contributed by atoms with E-state index in [1.165, 1.54) is 22.5 Å². The molecular weight excluding hydrogens is 336 g/mol. The van der Waals surface area contributed by atoms with E-state index in [4.69, 9.17) is 11.6 Å². The van der Waals surface area contributed by atoms with E-state index in [0.29, 0.717) is 25.6 Å². The van der Waals surface area contributed by atoms with Crippen molar-refractivity contribution in [3.05, 3.63) is 28.8 Å². The minimum Gasteiger partial charge on any atom is -0.352 e. The Labute approximate surface area is 143 Å². The molecule has 1 saturated heterocycles. The summed E-state index contributed by atoms with van der Waals surface area (Å²) in [4.78, 5) is 12.4. The third kappa shape index (κ3) is 4.46. The molecular formula is C16H23ClN2O3S. The number of carbonyl (C=O) groups excluding carboxylic acids is 1. The van der Waals surface area contributed by atoms with Crippen LogP contribution in [0.4, 0.5) is 0 Å². The fourth-order valence-corrected chi connectivity index (χ4v) is 4.23. The first-order valence-corrected chi connectivity index (χ1v) is 9.72. The van der Waals surface area contributed by atoms with Gasteiger partial charge in [0.1, 0.15) is 0 Å². The van der Waals surface area contributed by atoms with Crippen molar-refractivity contribution in [1.29, 1.82) is 0 Å². The van der Waals surface area contributed by atoms with Crippen LogP contribution < -0.4 is 5.32 Å². The Morgan fingerprint density at radius 2 is 1.96 bits per heavy atom. The number of hydrogen-bond acceptors (Lipinski definition) is 3. The maximum absolute atomic E-state index is 12.6. The van der Waals surface area contributed by atoms with Crippen molar-refractivity contribution >= 4 is 27.5 Å². The molecule has 5 nitrogen and oxygen atoms in total. The third-order valence-electron chi connectivity index (χ3n) is 3.89. The summed E-state index contributed by atoms with van der Waals surface area (Å²) >= 11 is 6.07. The Balaban J connectivity index is 2.20. The number of hydrogen-bond donors (Lipinski definition) is 1. The Morgan fingerprint density at radius 3 is 2.57 bits per heavy atom. The number of carbonyl (C=O) groups is 1. The highest BCUT2D eigenvalue weighted by Crippen LogP contribution is 2.25. The molecule has 0 radical (unpaired) electrons. The van der Waals surface area contributed by atoms with Gasteiger partial charge < -0.3 is 5.32 Å². The predicted octanol–water partition coefficient (Wildman–Crippen LogP) is 2.90. The van der Waals surface area contributed by atoms with Gasteiger partial charge in [0, 0.05) is 19.6 Å². The Kier molecular flexibility index (Phi) is 6.06. The summed E-state index contributed by atoms with van der Waals surface area (Å²) in [5.74, 6) is 0.141. The van der Waals surface area contributed by atoms with Crippen molar-refractivity contribution in [2.45, 2.75) is 38.0 Å². The Hall–Kier alpha value is -1.11. The summed E-state index contributed by atoms with van der Waals surface area (Å²) < 4.78 is 26.6. The van der Waals surface area contributed by atoms with Crippen molar-refractivity contribution in [2.75, 3.05) is 19.6 Å². The van der Waals surface area contributed by atoms with Gasteiger partial charge in [0.05, 0.1) is 15.5 Å². The minimum absolute atomic E-state index is 0.123. The van der Waals surface area contributed by atoms with Crippen molar-refractivity contribution in [3.8, 4) is 0 Å². The first-order valence-electron chi connectivity index (χ1n) is 7.90. The molecule has 1 aromatic carbocycles. The van der Waals surface area contributed by atoms with E-state index in [-0.39, 0.29) is 21.4 Å². The molecule has 1 aliphatic heterocycles. The van der Waals surface area contributed by atoms with Gasteiger partial charge in [0.25, 0.3) is 5.91 Å². The van der Waals surface area contributed by atoms with Crippen LogP contribution in [0.3, 0.4) is 0 Å². The summed E-state index contributed by atoms with van der Waals surface area (Å²) in [6.45, 7) is 5.74. The third-order valence-corrected chi connectivity index (χ3v) is 6.12. The van der Waals surface area contributed by atoms with Crippen LogP contribution >= 0.6 is 11.6 Å². The lowest BCUT2D eigenvalue weighted by Crippen LogP contribution is -2.29. The summed E-state index contributed by atoms with van der Waals surface area (Å²) in [5, 5.41) is 3.04. The quantitative estimate of drug-likeness (QED) is 0.850. The van der Waals surface area contributed by atoms with E-state index >= 15 is 0 Å². The minimum atomic E-state index is -3.55. The number of nitrogens with one attached hydrogen (secondary N) is 1. The summed E-state index contributed by atoms with van der Waals surface area (Å²) in [6.07, 6.45) is 2.60. The average Bonchev–Trinajstić information content (AvgIpc) is 3.01. The zero-order chi connectivity index (χ0) is 17.0. The number of halogens is 1. The molecule has 0 spiro atoms. The zero-order valence-electron chi connectivity index (χ0n) is 13.5. The van der Waals surface area contributed by atoms with Crippen molar-refractivity contribution in [1.82, 2.24) is 9.62 Å². The van der Waals surface area contributed by atoms with Gasteiger partial charge in [0.2, 0.25) is 10.0 Å². The van der Waals surface area contributed by atoms with E-state index in [2.05, 4.69) is 19.2 Å². The van der Waals surface area contributed by atoms with Gasteiger partial charge in [-0.15, -0.1) is 0 Å². The molecule has 23 heavy (non-hydrogen) atoms. The van der Waals surface area contributed by atoms with E-state index in [1.54, 1.807) is 0 Å². The molecule has 0 aromatic heterocycles. The highest BCUT2D eigenvalue weighted by molar-refractivity contribution is 7.89. The van der Waals surface area contributed by atoms with Gasteiger partial charge in [-0.2, -0.15) is 4.31 Å². The number of rotatable bonds is 6. The molecule has 0 unspecified atom stereocenters. The standard InChI is InChI=1S/C16H23ClN2O3S/c1-12(2)7-8-18-16(20)14-11-13(5-6-15(14)17)23(21,22)19-9-3-4-10-19/h5-6,11-12H,3-4,7-10H2,1-2H3,(H,18,20). The van der Waals surface area contributed by atoms with E-state index in [0.717, 1.165) is 19.3 Å². The molecule has 7 heteroatoms. The SMILES string of the molecule is CC(C)CCNC(=O)c1cc(S(=O)(=O)N2CCCC2)ccc1Cl. The second-order valence-corrected chi connectivity index (χ2v) is 8.54. The molecule has 1 N–H and O–H groups in total. The van der Waals surface area contributed by atoms with Crippen LogP contribution in [-0.2, 0) is 10.0 Å². The van der Waals surface area contributed by atoms with Gasteiger partial charge in [-0.3, -0.25) is 4.79 Å². The lowest BCUT2D eigenvalue weighted by molar-refractivity contribution is 0.0952. The molecule has 1 heterocycles. The molecule has 2 rings (SSSR count). The van der Waals surface area contributed by atoms with Gasteiger partial charge in [-0.25, -0.2) is 8.42 Å². The second-order valence-electron chi connectivity index (χ2n) is 6.19. The van der Waals surface area contributed by atoms with Crippen LogP contribution in [0.2, 0.25) is 5.02 Å². The highest BCUT2D eigenvalue weighted by atomic mass is 35.5. The molecule has 1 amide bonds. The maximum Gasteiger partial charge on any atom is 0.252 e. The maximum atomic E-state index is 12.6. The highest BCUT2D eigenvalue weighted by Gasteiger charge is 2.28. The first kappa shape index (κ1) is 18.2. The van der Waals surface area contributed by atoms with Crippen LogP contribution in [-0.4, -0.2) is 38.3 Å². The predicted molar refractivity (Wildman–Crippen MR) is 91.2 cm³/mol. The lowest BCUT2D eigenvalue weighted by Gasteiger charge is -2.16. The Morgan fingerprint density at radius 1 is 1.30 bits per heavy atom. The summed E-state index contributed by atoms with van der Waals surface area (Å²) in [6, 6.07) is 4.31. The van der Waals surface area contributed by atoms with Crippen molar-refractivity contribution in [3.63, 3.8) is 0 Å². The van der Waals surface area contributed by atoms with Crippen LogP contribution in [0.15, 0.2) is 23.1 Å². The molecule has 1 aliphatic rings. The van der Waals surface area contributed by atoms with Gasteiger partial charge in [-0.1, -0.05) is 25.4 Å². The second kappa shape index (κ2) is 7.64. The van der Waals surface area contributed by atoms with Crippen molar-refractivity contribution < 1.29 is 13.2 Å². The van der Waals surface area contributed by atoms with Crippen LogP contribution in [0, 0.1) is 5.92 Å². The number of nitrogens with zero attached hydrogens (tertiary/aromatic N) is 1. The number of benzene rings is 1. The summed E-state index contributed by atoms with van der Waals surface area (Å²) in [5.41, 5.74) is 0.204. The molecule has 0 aliphatic carbocycles. The van der Waals surface area contributed by atoms with E-state index in [1.807, 2.05) is 0 Å². The monoisotopic (exact) mass is 358 g/mol. The lowest BCUT2D eigenvalue weighted by atomic mass is 10.1. The van der Waals surface area contributed by atoms with Crippen LogP contribution in [0.1, 0.15) is 43.5 Å². The van der Waals surface area contributed by atoms with E-state index < -0.39 is 10.0 Å².